The van der Waals surface area contributed by atoms with Gasteiger partial charge in [-0.1, -0.05) is 0 Å². The summed E-state index contributed by atoms with van der Waals surface area (Å²) in [5.41, 5.74) is 1.97. The summed E-state index contributed by atoms with van der Waals surface area (Å²) in [6.07, 6.45) is 7.72. The molecule has 1 unspecified atom stereocenters. The summed E-state index contributed by atoms with van der Waals surface area (Å²) in [6, 6.07) is 2.53. The van der Waals surface area contributed by atoms with E-state index >= 15 is 0 Å². The summed E-state index contributed by atoms with van der Waals surface area (Å²) in [5, 5.41) is 7.91. The molecular formula is C13H21N3. The fourth-order valence-corrected chi connectivity index (χ4v) is 2.86. The molecule has 3 nitrogen and oxygen atoms in total. The van der Waals surface area contributed by atoms with Crippen LogP contribution >= 0.6 is 0 Å². The van der Waals surface area contributed by atoms with Gasteiger partial charge in [0.2, 0.25) is 0 Å². The van der Waals surface area contributed by atoms with E-state index in [1.165, 1.54) is 37.9 Å². The lowest BCUT2D eigenvalue weighted by atomic mass is 10.0. The van der Waals surface area contributed by atoms with Gasteiger partial charge in [-0.25, -0.2) is 0 Å². The SMILES string of the molecule is CC(NCC1(C2CC2)CC1)c1ccnn1C. The maximum absolute atomic E-state index is 4.22. The van der Waals surface area contributed by atoms with Crippen LogP contribution in [0.2, 0.25) is 0 Å². The molecule has 1 aromatic rings. The van der Waals surface area contributed by atoms with Crippen LogP contribution in [0.3, 0.4) is 0 Å². The topological polar surface area (TPSA) is 29.9 Å². The molecule has 1 aromatic heterocycles. The second kappa shape index (κ2) is 3.59. The van der Waals surface area contributed by atoms with Crippen molar-refractivity contribution in [1.82, 2.24) is 15.1 Å². The molecule has 1 atom stereocenters. The maximum Gasteiger partial charge on any atom is 0.0547 e. The van der Waals surface area contributed by atoms with Gasteiger partial charge >= 0.3 is 0 Å². The van der Waals surface area contributed by atoms with Gasteiger partial charge in [0, 0.05) is 25.8 Å². The van der Waals surface area contributed by atoms with E-state index < -0.39 is 0 Å². The third-order valence-corrected chi connectivity index (χ3v) is 4.40. The van der Waals surface area contributed by atoms with Crippen LogP contribution in [0, 0.1) is 11.3 Å². The van der Waals surface area contributed by atoms with E-state index in [-0.39, 0.29) is 0 Å². The monoisotopic (exact) mass is 219 g/mol. The molecule has 2 aliphatic rings. The molecule has 3 heteroatoms. The van der Waals surface area contributed by atoms with Crippen LogP contribution in [0.1, 0.15) is 44.3 Å². The van der Waals surface area contributed by atoms with Gasteiger partial charge in [-0.3, -0.25) is 4.68 Å². The molecule has 0 radical (unpaired) electrons. The highest BCUT2D eigenvalue weighted by molar-refractivity contribution is 5.08. The first-order chi connectivity index (χ1) is 7.71. The van der Waals surface area contributed by atoms with E-state index in [1.807, 2.05) is 17.9 Å². The Morgan fingerprint density at radius 2 is 2.31 bits per heavy atom. The van der Waals surface area contributed by atoms with Gasteiger partial charge in [0.15, 0.2) is 0 Å². The van der Waals surface area contributed by atoms with Gasteiger partial charge < -0.3 is 5.32 Å². The summed E-state index contributed by atoms with van der Waals surface area (Å²) in [6.45, 7) is 3.43. The van der Waals surface area contributed by atoms with Crippen LogP contribution in [0.4, 0.5) is 0 Å². The molecule has 0 amide bonds. The highest BCUT2D eigenvalue weighted by atomic mass is 15.3. The fraction of sp³-hybridized carbons (Fsp3) is 0.769. The Labute approximate surface area is 97.2 Å². The number of nitrogens with one attached hydrogen (secondary N) is 1. The maximum atomic E-state index is 4.22. The van der Waals surface area contributed by atoms with Crippen molar-refractivity contribution in [3.8, 4) is 0 Å². The quantitative estimate of drug-likeness (QED) is 0.823. The van der Waals surface area contributed by atoms with E-state index in [0.717, 1.165) is 5.92 Å². The Morgan fingerprint density at radius 1 is 1.56 bits per heavy atom. The molecule has 2 fully saturated rings. The number of aromatic nitrogens is 2. The molecule has 0 bridgehead atoms. The third kappa shape index (κ3) is 1.77. The zero-order valence-corrected chi connectivity index (χ0v) is 10.2. The largest absolute Gasteiger partial charge is 0.308 e. The highest BCUT2D eigenvalue weighted by Crippen LogP contribution is 2.60. The minimum absolute atomic E-state index is 0.420. The molecule has 0 aromatic carbocycles. The predicted molar refractivity (Wildman–Crippen MR) is 64.0 cm³/mol. The van der Waals surface area contributed by atoms with Crippen molar-refractivity contribution < 1.29 is 0 Å². The van der Waals surface area contributed by atoms with Crippen molar-refractivity contribution in [3.05, 3.63) is 18.0 Å². The van der Waals surface area contributed by atoms with E-state index in [4.69, 9.17) is 0 Å². The van der Waals surface area contributed by atoms with Crippen LogP contribution in [0.5, 0.6) is 0 Å². The first kappa shape index (κ1) is 10.3. The van der Waals surface area contributed by atoms with Gasteiger partial charge in [-0.05, 0) is 50.0 Å². The molecule has 16 heavy (non-hydrogen) atoms. The lowest BCUT2D eigenvalue weighted by Crippen LogP contribution is -2.29. The molecule has 0 spiro atoms. The van der Waals surface area contributed by atoms with E-state index in [1.54, 1.807) is 0 Å². The first-order valence-electron chi connectivity index (χ1n) is 6.43. The Kier molecular flexibility index (Phi) is 2.32. The van der Waals surface area contributed by atoms with Crippen molar-refractivity contribution >= 4 is 0 Å². The van der Waals surface area contributed by atoms with E-state index in [0.29, 0.717) is 11.5 Å². The summed E-state index contributed by atoms with van der Waals surface area (Å²) in [7, 11) is 2.02. The zero-order chi connectivity index (χ0) is 11.2. The number of hydrogen-bond donors (Lipinski definition) is 1. The molecule has 2 saturated carbocycles. The highest BCUT2D eigenvalue weighted by Gasteiger charge is 2.53. The molecule has 0 aliphatic heterocycles. The molecule has 1 heterocycles. The van der Waals surface area contributed by atoms with Gasteiger partial charge in [0.1, 0.15) is 0 Å². The molecule has 88 valence electrons. The summed E-state index contributed by atoms with van der Waals surface area (Å²) < 4.78 is 1.97. The van der Waals surface area contributed by atoms with Crippen LogP contribution in [0.15, 0.2) is 12.3 Å². The zero-order valence-electron chi connectivity index (χ0n) is 10.2. The Balaban J connectivity index is 1.57. The number of aryl methyl sites for hydroxylation is 1. The van der Waals surface area contributed by atoms with Gasteiger partial charge in [-0.15, -0.1) is 0 Å². The van der Waals surface area contributed by atoms with Crippen molar-refractivity contribution in [1.29, 1.82) is 0 Å². The molecular weight excluding hydrogens is 198 g/mol. The summed E-state index contributed by atoms with van der Waals surface area (Å²) >= 11 is 0. The molecule has 2 aliphatic carbocycles. The van der Waals surface area contributed by atoms with Crippen molar-refractivity contribution in [3.63, 3.8) is 0 Å². The molecule has 0 saturated heterocycles. The standard InChI is InChI=1S/C13H21N3/c1-10(12-5-8-15-16(12)2)14-9-13(6-7-13)11-3-4-11/h5,8,10-11,14H,3-4,6-7,9H2,1-2H3. The number of nitrogens with zero attached hydrogens (tertiary/aromatic N) is 2. The summed E-state index contributed by atoms with van der Waals surface area (Å²) in [5.74, 6) is 1.04. The Hall–Kier alpha value is -0.830. The lowest BCUT2D eigenvalue weighted by Gasteiger charge is -2.20. The van der Waals surface area contributed by atoms with Crippen LogP contribution in [0.25, 0.3) is 0 Å². The van der Waals surface area contributed by atoms with Gasteiger partial charge in [0.25, 0.3) is 0 Å². The molecule has 3 rings (SSSR count). The lowest BCUT2D eigenvalue weighted by molar-refractivity contribution is 0.376. The minimum atomic E-state index is 0.420. The third-order valence-electron chi connectivity index (χ3n) is 4.40. The average Bonchev–Trinajstić information content (AvgIpc) is 3.14. The fourth-order valence-electron chi connectivity index (χ4n) is 2.86. The van der Waals surface area contributed by atoms with Crippen molar-refractivity contribution in [2.24, 2.45) is 18.4 Å². The average molecular weight is 219 g/mol. The van der Waals surface area contributed by atoms with E-state index in [9.17, 15) is 0 Å². The van der Waals surface area contributed by atoms with Crippen LogP contribution < -0.4 is 5.32 Å². The minimum Gasteiger partial charge on any atom is -0.308 e. The van der Waals surface area contributed by atoms with E-state index in [2.05, 4.69) is 23.4 Å². The number of hydrogen-bond acceptors (Lipinski definition) is 2. The van der Waals surface area contributed by atoms with Gasteiger partial charge in [0.05, 0.1) is 5.69 Å². The second-order valence-electron chi connectivity index (χ2n) is 5.62. The first-order valence-corrected chi connectivity index (χ1v) is 6.43. The van der Waals surface area contributed by atoms with Crippen molar-refractivity contribution in [2.45, 2.75) is 38.6 Å². The predicted octanol–water partition coefficient (Wildman–Crippen LogP) is 2.26. The summed E-state index contributed by atoms with van der Waals surface area (Å²) in [4.78, 5) is 0. The normalized spacial score (nSPS) is 24.4. The van der Waals surface area contributed by atoms with Gasteiger partial charge in [-0.2, -0.15) is 5.10 Å². The van der Waals surface area contributed by atoms with Crippen LogP contribution in [-0.4, -0.2) is 16.3 Å². The smallest absolute Gasteiger partial charge is 0.0547 e. The Morgan fingerprint density at radius 3 is 2.81 bits per heavy atom. The van der Waals surface area contributed by atoms with Crippen LogP contribution in [-0.2, 0) is 7.05 Å². The Bertz CT molecular complexity index is 374. The number of rotatable bonds is 5. The second-order valence-corrected chi connectivity index (χ2v) is 5.62. The molecule has 1 N–H and O–H groups in total. The van der Waals surface area contributed by atoms with Crippen molar-refractivity contribution in [2.75, 3.05) is 6.54 Å².